The van der Waals surface area contributed by atoms with Crippen LogP contribution in [0.15, 0.2) is 59.0 Å². The quantitative estimate of drug-likeness (QED) is 0.326. The van der Waals surface area contributed by atoms with Crippen molar-refractivity contribution in [2.75, 3.05) is 10.6 Å². The lowest BCUT2D eigenvalue weighted by atomic mass is 10.2. The second-order valence-electron chi connectivity index (χ2n) is 6.57. The van der Waals surface area contributed by atoms with Crippen molar-refractivity contribution in [3.05, 3.63) is 70.4 Å². The molecule has 2 amide bonds. The van der Waals surface area contributed by atoms with Gasteiger partial charge in [-0.1, -0.05) is 34.5 Å². The lowest BCUT2D eigenvalue weighted by Gasteiger charge is -1.99. The molecule has 2 aromatic carbocycles. The van der Waals surface area contributed by atoms with Gasteiger partial charge in [-0.15, -0.1) is 0 Å². The van der Waals surface area contributed by atoms with E-state index in [0.29, 0.717) is 32.4 Å². The minimum atomic E-state index is -0.343. The zero-order chi connectivity index (χ0) is 22.0. The predicted molar refractivity (Wildman–Crippen MR) is 126 cm³/mol. The van der Waals surface area contributed by atoms with Gasteiger partial charge in [0.2, 0.25) is 11.8 Å². The Morgan fingerprint density at radius 3 is 2.55 bits per heavy atom. The van der Waals surface area contributed by atoms with E-state index in [1.54, 1.807) is 48.5 Å². The third-order valence-corrected chi connectivity index (χ3v) is 5.48. The van der Waals surface area contributed by atoms with Crippen molar-refractivity contribution in [1.82, 2.24) is 4.98 Å². The summed E-state index contributed by atoms with van der Waals surface area (Å²) in [6.45, 7) is 1.45. The van der Waals surface area contributed by atoms with Gasteiger partial charge in [-0.2, -0.15) is 0 Å². The summed E-state index contributed by atoms with van der Waals surface area (Å²) < 4.78 is 6.59. The molecule has 2 heterocycles. The zero-order valence-electron chi connectivity index (χ0n) is 16.1. The SMILES string of the molecule is CC(=O)Nc1ccc2nc(NC(=O)/C=C/c3ccc(-c4cc(Cl)cc(Cl)c4)o3)sc2c1. The standard InChI is InChI=1S/C22H15Cl2N3O3S/c1-12(28)25-16-2-5-18-20(11-16)31-22(26-18)27-21(29)7-4-17-3-6-19(30-17)13-8-14(23)10-15(24)9-13/h2-11H,1H3,(H,25,28)(H,26,27,29)/b7-4+. The van der Waals surface area contributed by atoms with Crippen LogP contribution in [0.5, 0.6) is 0 Å². The smallest absolute Gasteiger partial charge is 0.250 e. The molecule has 6 nitrogen and oxygen atoms in total. The Labute approximate surface area is 191 Å². The number of furan rings is 1. The van der Waals surface area contributed by atoms with Crippen LogP contribution in [0.3, 0.4) is 0 Å². The van der Waals surface area contributed by atoms with Gasteiger partial charge >= 0.3 is 0 Å². The number of aromatic nitrogens is 1. The van der Waals surface area contributed by atoms with Crippen LogP contribution in [0, 0.1) is 0 Å². The van der Waals surface area contributed by atoms with E-state index in [2.05, 4.69) is 15.6 Å². The number of hydrogen-bond donors (Lipinski definition) is 2. The van der Waals surface area contributed by atoms with Crippen LogP contribution in [-0.4, -0.2) is 16.8 Å². The van der Waals surface area contributed by atoms with Crippen molar-refractivity contribution >= 4 is 73.5 Å². The van der Waals surface area contributed by atoms with Crippen LogP contribution in [-0.2, 0) is 9.59 Å². The molecule has 4 rings (SSSR count). The average molecular weight is 472 g/mol. The predicted octanol–water partition coefficient (Wildman–Crippen LogP) is 6.47. The Morgan fingerprint density at radius 2 is 1.81 bits per heavy atom. The van der Waals surface area contributed by atoms with Crippen molar-refractivity contribution in [3.8, 4) is 11.3 Å². The minimum Gasteiger partial charge on any atom is -0.457 e. The molecule has 0 aliphatic heterocycles. The van der Waals surface area contributed by atoms with Gasteiger partial charge in [-0.25, -0.2) is 4.98 Å². The molecule has 0 spiro atoms. The van der Waals surface area contributed by atoms with E-state index < -0.39 is 0 Å². The van der Waals surface area contributed by atoms with Crippen molar-refractivity contribution in [3.63, 3.8) is 0 Å². The Kier molecular flexibility index (Phi) is 6.08. The van der Waals surface area contributed by atoms with Crippen LogP contribution in [0.4, 0.5) is 10.8 Å². The normalized spacial score (nSPS) is 11.2. The highest BCUT2D eigenvalue weighted by Gasteiger charge is 2.09. The van der Waals surface area contributed by atoms with Crippen molar-refractivity contribution in [2.24, 2.45) is 0 Å². The average Bonchev–Trinajstić information content (AvgIpc) is 3.31. The fourth-order valence-electron chi connectivity index (χ4n) is 2.86. The van der Waals surface area contributed by atoms with E-state index in [1.807, 2.05) is 6.07 Å². The number of carbonyl (C=O) groups excluding carboxylic acids is 2. The van der Waals surface area contributed by atoms with Crippen LogP contribution < -0.4 is 10.6 Å². The largest absolute Gasteiger partial charge is 0.457 e. The minimum absolute atomic E-state index is 0.151. The molecule has 0 radical (unpaired) electrons. The number of carbonyl (C=O) groups is 2. The summed E-state index contributed by atoms with van der Waals surface area (Å²) in [6, 6.07) is 14.0. The summed E-state index contributed by atoms with van der Waals surface area (Å²) in [5.74, 6) is 0.600. The van der Waals surface area contributed by atoms with Gasteiger partial charge < -0.3 is 9.73 Å². The van der Waals surface area contributed by atoms with E-state index in [9.17, 15) is 9.59 Å². The van der Waals surface area contributed by atoms with Gasteiger partial charge in [-0.3, -0.25) is 14.9 Å². The molecule has 31 heavy (non-hydrogen) atoms. The molecule has 0 aliphatic rings. The molecular formula is C22H15Cl2N3O3S. The first kappa shape index (κ1) is 21.1. The molecule has 2 aromatic heterocycles. The maximum absolute atomic E-state index is 12.3. The number of nitrogens with one attached hydrogen (secondary N) is 2. The summed E-state index contributed by atoms with van der Waals surface area (Å²) in [6.07, 6.45) is 2.93. The molecule has 0 saturated carbocycles. The molecule has 4 aromatic rings. The number of fused-ring (bicyclic) bond motifs is 1. The fourth-order valence-corrected chi connectivity index (χ4v) is 4.29. The molecule has 2 N–H and O–H groups in total. The van der Waals surface area contributed by atoms with Crippen molar-refractivity contribution in [2.45, 2.75) is 6.92 Å². The molecule has 0 atom stereocenters. The van der Waals surface area contributed by atoms with Gasteiger partial charge in [0.15, 0.2) is 5.13 Å². The first-order valence-corrected chi connectivity index (χ1v) is 10.7. The molecule has 0 saturated heterocycles. The number of thiazole rings is 1. The number of anilines is 2. The monoisotopic (exact) mass is 471 g/mol. The van der Waals surface area contributed by atoms with Gasteiger partial charge in [-0.05, 0) is 54.6 Å². The van der Waals surface area contributed by atoms with Gasteiger partial charge in [0, 0.05) is 34.3 Å². The molecule has 9 heteroatoms. The fraction of sp³-hybridized carbons (Fsp3) is 0.0455. The highest BCUT2D eigenvalue weighted by Crippen LogP contribution is 2.30. The van der Waals surface area contributed by atoms with E-state index in [1.165, 1.54) is 24.3 Å². The zero-order valence-corrected chi connectivity index (χ0v) is 18.4. The molecule has 0 fully saturated rings. The number of rotatable bonds is 5. The number of hydrogen-bond acceptors (Lipinski definition) is 5. The van der Waals surface area contributed by atoms with Gasteiger partial charge in [0.25, 0.3) is 0 Å². The summed E-state index contributed by atoms with van der Waals surface area (Å²) in [4.78, 5) is 27.8. The lowest BCUT2D eigenvalue weighted by molar-refractivity contribution is -0.114. The van der Waals surface area contributed by atoms with Crippen molar-refractivity contribution in [1.29, 1.82) is 0 Å². The Morgan fingerprint density at radius 1 is 1.03 bits per heavy atom. The number of amides is 2. The first-order valence-electron chi connectivity index (χ1n) is 9.09. The van der Waals surface area contributed by atoms with Crippen molar-refractivity contribution < 1.29 is 14.0 Å². The van der Waals surface area contributed by atoms with Gasteiger partial charge in [0.1, 0.15) is 11.5 Å². The highest BCUT2D eigenvalue weighted by molar-refractivity contribution is 7.22. The first-order chi connectivity index (χ1) is 14.9. The third-order valence-electron chi connectivity index (χ3n) is 4.11. The topological polar surface area (TPSA) is 84.2 Å². The molecule has 156 valence electrons. The Hall–Kier alpha value is -3.13. The highest BCUT2D eigenvalue weighted by atomic mass is 35.5. The van der Waals surface area contributed by atoms with E-state index >= 15 is 0 Å². The second-order valence-corrected chi connectivity index (χ2v) is 8.47. The summed E-state index contributed by atoms with van der Waals surface area (Å²) in [5.41, 5.74) is 2.15. The van der Waals surface area contributed by atoms with Crippen LogP contribution >= 0.6 is 34.5 Å². The van der Waals surface area contributed by atoms with E-state index in [4.69, 9.17) is 27.6 Å². The number of benzene rings is 2. The molecule has 0 bridgehead atoms. The Bertz CT molecular complexity index is 1310. The van der Waals surface area contributed by atoms with Crippen LogP contribution in [0.25, 0.3) is 27.6 Å². The summed E-state index contributed by atoms with van der Waals surface area (Å²) in [5, 5.41) is 6.93. The number of halogens is 2. The summed E-state index contributed by atoms with van der Waals surface area (Å²) in [7, 11) is 0. The maximum atomic E-state index is 12.3. The number of nitrogens with zero attached hydrogens (tertiary/aromatic N) is 1. The van der Waals surface area contributed by atoms with Crippen LogP contribution in [0.1, 0.15) is 12.7 Å². The van der Waals surface area contributed by atoms with Gasteiger partial charge in [0.05, 0.1) is 10.2 Å². The second kappa shape index (κ2) is 8.93. The van der Waals surface area contributed by atoms with Crippen LogP contribution in [0.2, 0.25) is 10.0 Å². The maximum Gasteiger partial charge on any atom is 0.250 e. The molecule has 0 aliphatic carbocycles. The van der Waals surface area contributed by atoms with E-state index in [0.717, 1.165) is 15.8 Å². The molecule has 0 unspecified atom stereocenters. The molecular weight excluding hydrogens is 457 g/mol. The summed E-state index contributed by atoms with van der Waals surface area (Å²) >= 11 is 13.4. The van der Waals surface area contributed by atoms with E-state index in [-0.39, 0.29) is 11.8 Å². The lowest BCUT2D eigenvalue weighted by Crippen LogP contribution is -2.07. The Balaban J connectivity index is 1.44. The third kappa shape index (κ3) is 5.32.